The molecule has 0 N–H and O–H groups in total. The van der Waals surface area contributed by atoms with Crippen LogP contribution >= 0.6 is 0 Å². The van der Waals surface area contributed by atoms with Crippen LogP contribution in [0.25, 0.3) is 34.4 Å². The van der Waals surface area contributed by atoms with E-state index in [0.29, 0.717) is 13.3 Å². The molecule has 1 saturated heterocycles. The Balaban J connectivity index is 1.48. The molecule has 218 valence electrons. The van der Waals surface area contributed by atoms with Crippen molar-refractivity contribution in [1.29, 1.82) is 0 Å². The Hall–Kier alpha value is -2.77. The van der Waals surface area contributed by atoms with E-state index in [2.05, 4.69) is 143 Å². The Labute approximate surface area is 264 Å². The third-order valence-corrected chi connectivity index (χ3v) is 26.7. The normalized spacial score (nSPS) is 22.9. The fraction of sp³-hybridized carbons (Fsp3) is 0.333. The summed E-state index contributed by atoms with van der Waals surface area (Å²) in [6.45, 7) is 16.6. The van der Waals surface area contributed by atoms with Crippen molar-refractivity contribution < 1.29 is 20.0 Å². The number of allylic oxidation sites excluding steroid dienone is 2. The topological polar surface area (TPSA) is 0 Å². The van der Waals surface area contributed by atoms with Gasteiger partial charge in [0.1, 0.15) is 0 Å². The van der Waals surface area contributed by atoms with E-state index in [4.69, 9.17) is 0 Å². The average molecular weight is 729 g/mol. The number of benzene rings is 4. The van der Waals surface area contributed by atoms with Gasteiger partial charge in [-0.15, -0.1) is 0 Å². The molecule has 4 aromatic rings. The molecular weight excluding hydrogens is 683 g/mol. The fourth-order valence-corrected chi connectivity index (χ4v) is 26.7. The van der Waals surface area contributed by atoms with Crippen LogP contribution < -0.4 is 0 Å². The van der Waals surface area contributed by atoms with Crippen molar-refractivity contribution >= 4 is 12.2 Å². The first kappa shape index (κ1) is 29.0. The predicted octanol–water partition coefficient (Wildman–Crippen LogP) is 12.1. The van der Waals surface area contributed by atoms with Gasteiger partial charge in [0.2, 0.25) is 0 Å². The Kier molecular flexibility index (Phi) is 6.83. The minimum atomic E-state index is -3.10. The third-order valence-electron chi connectivity index (χ3n) is 11.5. The molecule has 1 fully saturated rings. The van der Waals surface area contributed by atoms with Gasteiger partial charge >= 0.3 is 266 Å². The third kappa shape index (κ3) is 4.17. The van der Waals surface area contributed by atoms with Crippen molar-refractivity contribution in [2.45, 2.75) is 71.6 Å². The SMILES string of the molecule is Cc1cccc(-c2cccc3c2C=C2[CH]3[Hf]([CH3])([CH3])[CH]3C(=Cc4c(-c5cccc(C)c5C)cccc43)C2(C)CC(C)C)c1C. The van der Waals surface area contributed by atoms with Crippen LogP contribution in [0.2, 0.25) is 9.36 Å². The van der Waals surface area contributed by atoms with E-state index in [-0.39, 0.29) is 5.41 Å². The molecule has 43 heavy (non-hydrogen) atoms. The number of hydrogen-bond acceptors (Lipinski definition) is 0. The summed E-state index contributed by atoms with van der Waals surface area (Å²) < 4.78 is 6.76. The summed E-state index contributed by atoms with van der Waals surface area (Å²) in [5.74, 6) is 0.621. The van der Waals surface area contributed by atoms with E-state index in [1.165, 1.54) is 62.1 Å². The molecule has 0 aromatic heterocycles. The summed E-state index contributed by atoms with van der Waals surface area (Å²) in [6, 6.07) is 28.1. The molecule has 1 heterocycles. The fourth-order valence-electron chi connectivity index (χ4n) is 9.30. The van der Waals surface area contributed by atoms with Crippen LogP contribution in [0.3, 0.4) is 0 Å². The molecule has 1 heteroatoms. The van der Waals surface area contributed by atoms with Gasteiger partial charge in [-0.2, -0.15) is 0 Å². The molecule has 0 spiro atoms. The zero-order chi connectivity index (χ0) is 30.4. The summed E-state index contributed by atoms with van der Waals surface area (Å²) in [5, 5.41) is 0. The second-order valence-electron chi connectivity index (χ2n) is 14.9. The molecule has 0 radical (unpaired) electrons. The first-order valence-corrected chi connectivity index (χ1v) is 27.6. The minimum absolute atomic E-state index is 0.0505. The number of rotatable bonds is 4. The van der Waals surface area contributed by atoms with Gasteiger partial charge in [0.05, 0.1) is 0 Å². The van der Waals surface area contributed by atoms with Gasteiger partial charge in [0, 0.05) is 0 Å². The van der Waals surface area contributed by atoms with E-state index >= 15 is 0 Å². The number of hydrogen-bond donors (Lipinski definition) is 0. The molecule has 0 amide bonds. The van der Waals surface area contributed by atoms with E-state index in [1.807, 2.05) is 0 Å². The van der Waals surface area contributed by atoms with E-state index < -0.39 is 20.0 Å². The van der Waals surface area contributed by atoms with Crippen molar-refractivity contribution in [2.75, 3.05) is 0 Å². The molecule has 2 unspecified atom stereocenters. The quantitative estimate of drug-likeness (QED) is 0.184. The molecule has 3 aliphatic rings. The van der Waals surface area contributed by atoms with Gasteiger partial charge in [0.25, 0.3) is 0 Å². The molecule has 0 nitrogen and oxygen atoms in total. The maximum absolute atomic E-state index is 3.10. The monoisotopic (exact) mass is 730 g/mol. The molecule has 2 atom stereocenters. The zero-order valence-electron chi connectivity index (χ0n) is 27.5. The van der Waals surface area contributed by atoms with Crippen LogP contribution in [-0.2, 0) is 20.0 Å². The molecule has 4 aromatic carbocycles. The van der Waals surface area contributed by atoms with Crippen molar-refractivity contribution in [3.63, 3.8) is 0 Å². The maximum atomic E-state index is 2.78. The Morgan fingerprint density at radius 2 is 1.00 bits per heavy atom. The zero-order valence-corrected chi connectivity index (χ0v) is 31.1. The summed E-state index contributed by atoms with van der Waals surface area (Å²) in [4.78, 5) is 0. The summed E-state index contributed by atoms with van der Waals surface area (Å²) in [6.07, 6.45) is 6.57. The van der Waals surface area contributed by atoms with Gasteiger partial charge in [0.15, 0.2) is 0 Å². The van der Waals surface area contributed by atoms with Crippen molar-refractivity contribution in [2.24, 2.45) is 11.3 Å². The number of aryl methyl sites for hydroxylation is 2. The van der Waals surface area contributed by atoms with Gasteiger partial charge in [-0.3, -0.25) is 0 Å². The van der Waals surface area contributed by atoms with Crippen molar-refractivity contribution in [3.8, 4) is 22.3 Å². The molecule has 0 bridgehead atoms. The molecule has 2 aliphatic carbocycles. The van der Waals surface area contributed by atoms with Gasteiger partial charge in [-0.05, 0) is 0 Å². The van der Waals surface area contributed by atoms with Crippen LogP contribution in [-0.4, -0.2) is 0 Å². The van der Waals surface area contributed by atoms with Gasteiger partial charge in [-0.1, -0.05) is 0 Å². The standard InChI is InChI=1S/C40H40.2CH3.Hf/c1-25(2)24-40(7,32-20-30-14-10-18-36(38(30)22-32)34-16-8-12-26(3)28(34)5)33-21-31-15-11-19-37(39(31)23-33)35-17-9-13-27(4)29(35)6;;;/h8-23,25H,24H2,1-7H3;2*1H3;. The van der Waals surface area contributed by atoms with Crippen LogP contribution in [0.1, 0.15) is 79.0 Å². The van der Waals surface area contributed by atoms with Gasteiger partial charge < -0.3 is 0 Å². The van der Waals surface area contributed by atoms with Crippen LogP contribution in [0, 0.1) is 39.0 Å². The molecule has 1 aliphatic heterocycles. The summed E-state index contributed by atoms with van der Waals surface area (Å²) in [7, 11) is 0. The second-order valence-corrected chi connectivity index (χ2v) is 32.2. The Bertz CT molecular complexity index is 1730. The first-order valence-electron chi connectivity index (χ1n) is 16.3. The molecule has 7 rings (SSSR count). The van der Waals surface area contributed by atoms with Gasteiger partial charge in [-0.25, -0.2) is 0 Å². The van der Waals surface area contributed by atoms with Crippen LogP contribution in [0.5, 0.6) is 0 Å². The van der Waals surface area contributed by atoms with Crippen LogP contribution in [0.4, 0.5) is 0 Å². The van der Waals surface area contributed by atoms with Crippen molar-refractivity contribution in [3.05, 3.63) is 128 Å². The van der Waals surface area contributed by atoms with E-state index in [1.54, 1.807) is 22.3 Å². The summed E-state index contributed by atoms with van der Waals surface area (Å²) >= 11 is -3.10. The van der Waals surface area contributed by atoms with Crippen molar-refractivity contribution in [1.82, 2.24) is 0 Å². The predicted molar refractivity (Wildman–Crippen MR) is 183 cm³/mol. The molecule has 0 saturated carbocycles. The summed E-state index contributed by atoms with van der Waals surface area (Å²) in [5.41, 5.74) is 21.0. The molecular formula is C42H46Hf. The van der Waals surface area contributed by atoms with E-state index in [9.17, 15) is 0 Å². The Morgan fingerprint density at radius 1 is 0.605 bits per heavy atom. The van der Waals surface area contributed by atoms with Crippen LogP contribution in [0.15, 0.2) is 83.9 Å². The van der Waals surface area contributed by atoms with E-state index in [0.717, 1.165) is 0 Å². The first-order chi connectivity index (χ1) is 20.4. The second kappa shape index (κ2) is 10.1. The Morgan fingerprint density at radius 3 is 1.42 bits per heavy atom. The number of fused-ring (bicyclic) bond motifs is 6. The average Bonchev–Trinajstić information content (AvgIpc) is 3.57.